The molecule has 7 atom stereocenters. The van der Waals surface area contributed by atoms with E-state index in [-0.39, 0.29) is 28.8 Å². The summed E-state index contributed by atoms with van der Waals surface area (Å²) in [7, 11) is 0. The predicted molar refractivity (Wildman–Crippen MR) is 105 cm³/mol. The second-order valence-corrected chi connectivity index (χ2v) is 10.1. The Morgan fingerprint density at radius 1 is 1.07 bits per heavy atom. The first-order valence-electron chi connectivity index (χ1n) is 10.9. The third-order valence-electron chi connectivity index (χ3n) is 8.77. The number of ether oxygens (including phenoxy) is 1. The van der Waals surface area contributed by atoms with Crippen LogP contribution in [0, 0.1) is 28.6 Å². The zero-order valence-corrected chi connectivity index (χ0v) is 17.3. The largest absolute Gasteiger partial charge is 0.462 e. The van der Waals surface area contributed by atoms with Crippen LogP contribution in [0.1, 0.15) is 79.1 Å². The smallest absolute Gasteiger partial charge is 0.302 e. The van der Waals surface area contributed by atoms with Gasteiger partial charge in [0.1, 0.15) is 6.10 Å². The average molecular weight is 374 g/mol. The molecule has 0 heterocycles. The Kier molecular flexibility index (Phi) is 4.67. The molecule has 4 nitrogen and oxygen atoms in total. The highest BCUT2D eigenvalue weighted by molar-refractivity contribution is 5.73. The van der Waals surface area contributed by atoms with Gasteiger partial charge in [0, 0.05) is 26.3 Å². The van der Waals surface area contributed by atoms with E-state index in [1.165, 1.54) is 26.2 Å². The van der Waals surface area contributed by atoms with Gasteiger partial charge in [-0.3, -0.25) is 9.59 Å². The van der Waals surface area contributed by atoms with Crippen molar-refractivity contribution in [3.05, 3.63) is 11.6 Å². The Bertz CT molecular complexity index is 671. The summed E-state index contributed by atoms with van der Waals surface area (Å²) in [6.07, 6.45) is 11.6. The lowest BCUT2D eigenvalue weighted by Crippen LogP contribution is -2.53. The van der Waals surface area contributed by atoms with E-state index in [0.717, 1.165) is 43.9 Å². The predicted octanol–water partition coefficient (Wildman–Crippen LogP) is 4.39. The molecule has 0 bridgehead atoms. The van der Waals surface area contributed by atoms with Gasteiger partial charge in [-0.05, 0) is 73.5 Å². The minimum atomic E-state index is -0.152. The molecule has 1 N–H and O–H groups in total. The van der Waals surface area contributed by atoms with Crippen molar-refractivity contribution in [2.75, 3.05) is 0 Å². The number of allylic oxidation sites excluding steroid dienone is 1. The minimum absolute atomic E-state index is 0.0721. The maximum absolute atomic E-state index is 11.7. The van der Waals surface area contributed by atoms with Crippen LogP contribution in [0.3, 0.4) is 0 Å². The van der Waals surface area contributed by atoms with Gasteiger partial charge in [0.25, 0.3) is 0 Å². The third kappa shape index (κ3) is 3.03. The maximum Gasteiger partial charge on any atom is 0.302 e. The number of carbonyl (C=O) groups excluding carboxylic acids is 2. The van der Waals surface area contributed by atoms with E-state index in [9.17, 15) is 9.59 Å². The minimum Gasteiger partial charge on any atom is -0.462 e. The van der Waals surface area contributed by atoms with E-state index in [1.54, 1.807) is 12.5 Å². The molecule has 4 aliphatic rings. The second kappa shape index (κ2) is 6.63. The fraction of sp³-hybridized carbons (Fsp3) is 0.826. The Morgan fingerprint density at radius 3 is 2.56 bits per heavy atom. The lowest BCUT2D eigenvalue weighted by molar-refractivity contribution is -0.148. The van der Waals surface area contributed by atoms with Crippen molar-refractivity contribution in [2.45, 2.75) is 91.2 Å². The van der Waals surface area contributed by atoms with Gasteiger partial charge in [-0.15, -0.1) is 0 Å². The molecule has 4 heteroatoms. The molecule has 3 fully saturated rings. The molecule has 0 aromatic rings. The van der Waals surface area contributed by atoms with E-state index in [0.29, 0.717) is 12.0 Å². The number of carbonyl (C=O) groups is 2. The zero-order valence-electron chi connectivity index (χ0n) is 17.3. The van der Waals surface area contributed by atoms with Gasteiger partial charge >= 0.3 is 5.97 Å². The van der Waals surface area contributed by atoms with Gasteiger partial charge in [0.15, 0.2) is 0 Å². The summed E-state index contributed by atoms with van der Waals surface area (Å²) < 4.78 is 5.54. The van der Waals surface area contributed by atoms with Crippen molar-refractivity contribution in [3.63, 3.8) is 0 Å². The van der Waals surface area contributed by atoms with Crippen LogP contribution in [-0.4, -0.2) is 24.0 Å². The first-order valence-corrected chi connectivity index (χ1v) is 10.9. The summed E-state index contributed by atoms with van der Waals surface area (Å²) in [5.41, 5.74) is 2.07. The van der Waals surface area contributed by atoms with Crippen molar-refractivity contribution < 1.29 is 14.3 Å². The van der Waals surface area contributed by atoms with Crippen LogP contribution >= 0.6 is 0 Å². The molecule has 3 saturated carbocycles. The number of fused-ring (bicyclic) bond motifs is 5. The van der Waals surface area contributed by atoms with Gasteiger partial charge in [-0.2, -0.15) is 0 Å². The Balaban J connectivity index is 1.55. The number of esters is 1. The number of amides is 1. The third-order valence-corrected chi connectivity index (χ3v) is 8.77. The summed E-state index contributed by atoms with van der Waals surface area (Å²) in [5, 5.41) is 3.26. The monoisotopic (exact) mass is 373 g/mol. The Hall–Kier alpha value is -1.32. The van der Waals surface area contributed by atoms with Crippen LogP contribution in [0.4, 0.5) is 0 Å². The van der Waals surface area contributed by atoms with E-state index in [4.69, 9.17) is 4.74 Å². The van der Waals surface area contributed by atoms with Crippen molar-refractivity contribution in [2.24, 2.45) is 28.6 Å². The van der Waals surface area contributed by atoms with E-state index in [2.05, 4.69) is 25.2 Å². The molecular weight excluding hydrogens is 338 g/mol. The maximum atomic E-state index is 11.7. The number of rotatable bonds is 2. The van der Waals surface area contributed by atoms with Gasteiger partial charge in [-0.1, -0.05) is 25.5 Å². The van der Waals surface area contributed by atoms with Gasteiger partial charge < -0.3 is 10.1 Å². The van der Waals surface area contributed by atoms with Crippen LogP contribution in [0.15, 0.2) is 11.6 Å². The lowest BCUT2D eigenvalue weighted by atomic mass is 9.48. The van der Waals surface area contributed by atoms with Crippen LogP contribution in [0.5, 0.6) is 0 Å². The molecule has 150 valence electrons. The number of hydrogen-bond donors (Lipinski definition) is 1. The number of nitrogens with one attached hydrogen (secondary N) is 1. The second-order valence-electron chi connectivity index (χ2n) is 10.1. The van der Waals surface area contributed by atoms with E-state index >= 15 is 0 Å². The van der Waals surface area contributed by atoms with E-state index in [1.807, 2.05) is 0 Å². The lowest BCUT2D eigenvalue weighted by Gasteiger charge is -2.58. The Morgan fingerprint density at radius 2 is 1.85 bits per heavy atom. The molecule has 4 rings (SSSR count). The molecule has 27 heavy (non-hydrogen) atoms. The fourth-order valence-electron chi connectivity index (χ4n) is 7.45. The molecule has 0 spiro atoms. The van der Waals surface area contributed by atoms with Crippen LogP contribution in [-0.2, 0) is 14.3 Å². The highest BCUT2D eigenvalue weighted by Crippen LogP contribution is 2.64. The van der Waals surface area contributed by atoms with Gasteiger partial charge in [0.05, 0.1) is 0 Å². The first kappa shape index (κ1) is 19.0. The summed E-state index contributed by atoms with van der Waals surface area (Å²) in [6.45, 7) is 8.08. The summed E-state index contributed by atoms with van der Waals surface area (Å²) in [6, 6.07) is 0.346. The zero-order chi connectivity index (χ0) is 19.4. The summed E-state index contributed by atoms with van der Waals surface area (Å²) >= 11 is 0. The normalized spacial score (nSPS) is 45.8. The van der Waals surface area contributed by atoms with Crippen molar-refractivity contribution in [1.29, 1.82) is 0 Å². The molecule has 4 aliphatic carbocycles. The summed E-state index contributed by atoms with van der Waals surface area (Å²) in [5.74, 6) is 2.16. The highest BCUT2D eigenvalue weighted by atomic mass is 16.5. The topological polar surface area (TPSA) is 55.4 Å². The standard InChI is InChI=1S/C23H35NO3/c1-14(25)24-21-8-7-19-18-6-5-16-13-17(27-15(2)26)9-11-22(16,3)20(18)10-12-23(19,21)4/h5,17-21H,6-13H2,1-4H3,(H,24,25)/t17-,18-,19-,20+,21-,22-,23-/m0/s1. The van der Waals surface area contributed by atoms with Crippen LogP contribution in [0.2, 0.25) is 0 Å². The highest BCUT2D eigenvalue weighted by Gasteiger charge is 2.58. The Labute approximate surface area is 163 Å². The van der Waals surface area contributed by atoms with E-state index < -0.39 is 0 Å². The first-order chi connectivity index (χ1) is 12.7. The molecule has 0 aromatic carbocycles. The number of hydrogen-bond acceptors (Lipinski definition) is 3. The van der Waals surface area contributed by atoms with Crippen molar-refractivity contribution in [3.8, 4) is 0 Å². The average Bonchev–Trinajstić information content (AvgIpc) is 2.91. The summed E-state index contributed by atoms with van der Waals surface area (Å²) in [4.78, 5) is 23.1. The van der Waals surface area contributed by atoms with Crippen molar-refractivity contribution >= 4 is 11.9 Å². The molecule has 0 aromatic heterocycles. The molecule has 1 amide bonds. The SMILES string of the molecule is CC(=O)N[C@H]1CC[C@H]2[C@@H]3CC=C4C[C@@H](OC(C)=O)CC[C@]4(C)[C@@H]3CC[C@]12C. The van der Waals surface area contributed by atoms with Gasteiger partial charge in [-0.25, -0.2) is 0 Å². The molecular formula is C23H35NO3. The molecule has 0 radical (unpaired) electrons. The van der Waals surface area contributed by atoms with Crippen LogP contribution < -0.4 is 5.32 Å². The fourth-order valence-corrected chi connectivity index (χ4v) is 7.45. The van der Waals surface area contributed by atoms with Crippen molar-refractivity contribution in [1.82, 2.24) is 5.32 Å². The quantitative estimate of drug-likeness (QED) is 0.577. The van der Waals surface area contributed by atoms with Crippen LogP contribution in [0.25, 0.3) is 0 Å². The molecule has 0 aliphatic heterocycles. The molecule has 0 unspecified atom stereocenters. The molecule has 0 saturated heterocycles. The van der Waals surface area contributed by atoms with Gasteiger partial charge in [0.2, 0.25) is 5.91 Å².